The zero-order valence-electron chi connectivity index (χ0n) is 15.8. The minimum absolute atomic E-state index is 0.0562. The van der Waals surface area contributed by atoms with E-state index in [2.05, 4.69) is 45.9 Å². The molecule has 4 aliphatic rings. The van der Waals surface area contributed by atoms with E-state index in [4.69, 9.17) is 9.47 Å². The molecule has 0 aromatic heterocycles. The number of rotatable bonds is 0. The van der Waals surface area contributed by atoms with Gasteiger partial charge in [-0.15, -0.1) is 0 Å². The second-order valence-electron chi connectivity index (χ2n) is 9.91. The molecule has 3 nitrogen and oxygen atoms in total. The molecular weight excluding hydrogens is 312 g/mol. The fraction of sp³-hybridized carbons (Fsp3) is 0.727. The summed E-state index contributed by atoms with van der Waals surface area (Å²) in [5.41, 5.74) is 2.25. The molecule has 6 unspecified atom stereocenters. The van der Waals surface area contributed by atoms with E-state index in [1.165, 1.54) is 11.1 Å². The van der Waals surface area contributed by atoms with Crippen LogP contribution in [0.4, 0.5) is 0 Å². The summed E-state index contributed by atoms with van der Waals surface area (Å²) in [5, 5.41) is 11.2. The molecule has 1 aromatic rings. The van der Waals surface area contributed by atoms with Gasteiger partial charge in [0.25, 0.3) is 0 Å². The molecule has 3 fully saturated rings. The summed E-state index contributed by atoms with van der Waals surface area (Å²) in [7, 11) is 0. The maximum atomic E-state index is 11.2. The Kier molecular flexibility index (Phi) is 3.10. The minimum Gasteiger partial charge on any atom is -0.487 e. The second kappa shape index (κ2) is 4.80. The molecule has 0 bridgehead atoms. The van der Waals surface area contributed by atoms with Gasteiger partial charge in [-0.05, 0) is 62.5 Å². The van der Waals surface area contributed by atoms with E-state index in [9.17, 15) is 5.11 Å². The van der Waals surface area contributed by atoms with E-state index in [1.54, 1.807) is 0 Å². The number of aliphatic hydroxyl groups is 1. The monoisotopic (exact) mass is 342 g/mol. The van der Waals surface area contributed by atoms with Gasteiger partial charge in [0.2, 0.25) is 0 Å². The molecule has 1 spiro atoms. The first kappa shape index (κ1) is 16.1. The number of fused-ring (bicyclic) bond motifs is 2. The summed E-state index contributed by atoms with van der Waals surface area (Å²) in [6.07, 6.45) is 3.93. The third-order valence-electron chi connectivity index (χ3n) is 8.08. The first-order chi connectivity index (χ1) is 11.8. The van der Waals surface area contributed by atoms with Crippen LogP contribution in [0.2, 0.25) is 0 Å². The average Bonchev–Trinajstić information content (AvgIpc) is 2.94. The van der Waals surface area contributed by atoms with Crippen LogP contribution in [0.15, 0.2) is 18.2 Å². The lowest BCUT2D eigenvalue weighted by molar-refractivity contribution is -0.201. The SMILES string of the molecule is Cc1ccc2c(c1)OC1(C)CCC3C(C)(C)CCC(O)C34COC2C14. The topological polar surface area (TPSA) is 38.7 Å². The molecule has 5 rings (SSSR count). The molecule has 6 atom stereocenters. The first-order valence-electron chi connectivity index (χ1n) is 9.87. The van der Waals surface area contributed by atoms with Gasteiger partial charge in [-0.2, -0.15) is 0 Å². The summed E-state index contributed by atoms with van der Waals surface area (Å²) in [6, 6.07) is 6.48. The van der Waals surface area contributed by atoms with E-state index in [0.29, 0.717) is 12.5 Å². The normalized spacial score (nSPS) is 46.6. The van der Waals surface area contributed by atoms with Gasteiger partial charge in [0.15, 0.2) is 0 Å². The van der Waals surface area contributed by atoms with Crippen LogP contribution in [0.3, 0.4) is 0 Å². The van der Waals surface area contributed by atoms with Gasteiger partial charge in [0.1, 0.15) is 11.4 Å². The largest absolute Gasteiger partial charge is 0.487 e. The van der Waals surface area contributed by atoms with Crippen molar-refractivity contribution in [1.82, 2.24) is 0 Å². The Morgan fingerprint density at radius 2 is 1.92 bits per heavy atom. The third kappa shape index (κ3) is 1.89. The van der Waals surface area contributed by atoms with E-state index >= 15 is 0 Å². The maximum absolute atomic E-state index is 11.2. The van der Waals surface area contributed by atoms with Crippen molar-refractivity contribution < 1.29 is 14.6 Å². The Morgan fingerprint density at radius 1 is 1.12 bits per heavy atom. The van der Waals surface area contributed by atoms with Crippen molar-refractivity contribution >= 4 is 0 Å². The highest BCUT2D eigenvalue weighted by atomic mass is 16.5. The van der Waals surface area contributed by atoms with Crippen molar-refractivity contribution in [3.05, 3.63) is 29.3 Å². The van der Waals surface area contributed by atoms with Gasteiger partial charge < -0.3 is 14.6 Å². The molecule has 2 aliphatic carbocycles. The second-order valence-corrected chi connectivity index (χ2v) is 9.91. The highest BCUT2D eigenvalue weighted by Crippen LogP contribution is 2.70. The molecule has 2 heterocycles. The zero-order valence-corrected chi connectivity index (χ0v) is 15.8. The number of ether oxygens (including phenoxy) is 2. The van der Waals surface area contributed by atoms with Crippen molar-refractivity contribution in [2.45, 2.75) is 71.2 Å². The highest BCUT2D eigenvalue weighted by Gasteiger charge is 2.71. The molecule has 0 radical (unpaired) electrons. The summed E-state index contributed by atoms with van der Waals surface area (Å²) in [4.78, 5) is 0. The molecule has 1 aromatic carbocycles. The Morgan fingerprint density at radius 3 is 2.72 bits per heavy atom. The van der Waals surface area contributed by atoms with Gasteiger partial charge in [-0.3, -0.25) is 0 Å². The van der Waals surface area contributed by atoms with E-state index in [1.807, 2.05) is 0 Å². The van der Waals surface area contributed by atoms with Crippen molar-refractivity contribution in [1.29, 1.82) is 0 Å². The summed E-state index contributed by atoms with van der Waals surface area (Å²) in [5.74, 6) is 1.73. The lowest BCUT2D eigenvalue weighted by Gasteiger charge is -2.63. The number of hydrogen-bond acceptors (Lipinski definition) is 3. The maximum Gasteiger partial charge on any atom is 0.126 e. The molecule has 25 heavy (non-hydrogen) atoms. The van der Waals surface area contributed by atoms with E-state index in [0.717, 1.165) is 31.4 Å². The van der Waals surface area contributed by atoms with Gasteiger partial charge in [-0.25, -0.2) is 0 Å². The van der Waals surface area contributed by atoms with E-state index in [-0.39, 0.29) is 34.6 Å². The van der Waals surface area contributed by atoms with Gasteiger partial charge in [-0.1, -0.05) is 26.0 Å². The molecule has 3 heteroatoms. The number of aliphatic hydroxyl groups excluding tert-OH is 1. The zero-order chi connectivity index (χ0) is 17.6. The predicted octanol–water partition coefficient (Wildman–Crippen LogP) is 4.41. The molecule has 1 saturated heterocycles. The van der Waals surface area contributed by atoms with Crippen molar-refractivity contribution in [3.63, 3.8) is 0 Å². The summed E-state index contributed by atoms with van der Waals surface area (Å²) < 4.78 is 13.1. The van der Waals surface area contributed by atoms with Crippen molar-refractivity contribution in [3.8, 4) is 5.75 Å². The Balaban J connectivity index is 1.69. The minimum atomic E-state index is -0.282. The van der Waals surface area contributed by atoms with Crippen LogP contribution in [0.25, 0.3) is 0 Å². The molecule has 1 N–H and O–H groups in total. The van der Waals surface area contributed by atoms with Crippen LogP contribution in [-0.4, -0.2) is 23.4 Å². The molecule has 2 saturated carbocycles. The van der Waals surface area contributed by atoms with Crippen LogP contribution in [0.1, 0.15) is 63.7 Å². The Labute approximate surface area is 150 Å². The number of aryl methyl sites for hydroxylation is 1. The number of hydrogen-bond donors (Lipinski definition) is 1. The summed E-state index contributed by atoms with van der Waals surface area (Å²) in [6.45, 7) is 9.82. The number of benzene rings is 1. The van der Waals surface area contributed by atoms with Crippen molar-refractivity contribution in [2.24, 2.45) is 22.7 Å². The predicted molar refractivity (Wildman–Crippen MR) is 96.6 cm³/mol. The lowest BCUT2D eigenvalue weighted by Crippen LogP contribution is -2.66. The fourth-order valence-corrected chi connectivity index (χ4v) is 6.97. The standard InChI is InChI=1S/C22H30O3/c1-13-5-6-14-15(11-13)25-21(4)10-7-16-20(2,3)9-8-17(23)22(16)12-24-18(14)19(21)22/h5-6,11,16-19,23H,7-10,12H2,1-4H3. The fourth-order valence-electron chi connectivity index (χ4n) is 6.97. The van der Waals surface area contributed by atoms with Crippen molar-refractivity contribution in [2.75, 3.05) is 6.61 Å². The first-order valence-corrected chi connectivity index (χ1v) is 9.87. The van der Waals surface area contributed by atoms with E-state index < -0.39 is 0 Å². The van der Waals surface area contributed by atoms with Crippen LogP contribution in [0, 0.1) is 29.6 Å². The highest BCUT2D eigenvalue weighted by molar-refractivity contribution is 5.44. The van der Waals surface area contributed by atoms with Crippen LogP contribution < -0.4 is 4.74 Å². The third-order valence-corrected chi connectivity index (χ3v) is 8.08. The van der Waals surface area contributed by atoms with Gasteiger partial charge in [0, 0.05) is 16.9 Å². The lowest BCUT2D eigenvalue weighted by atomic mass is 9.43. The van der Waals surface area contributed by atoms with Crippen LogP contribution in [-0.2, 0) is 4.74 Å². The quantitative estimate of drug-likeness (QED) is 0.759. The molecule has 0 amide bonds. The van der Waals surface area contributed by atoms with Crippen LogP contribution >= 0.6 is 0 Å². The van der Waals surface area contributed by atoms with Gasteiger partial charge >= 0.3 is 0 Å². The summed E-state index contributed by atoms with van der Waals surface area (Å²) >= 11 is 0. The van der Waals surface area contributed by atoms with Crippen LogP contribution in [0.5, 0.6) is 5.75 Å². The molecule has 136 valence electrons. The molecular formula is C22H30O3. The molecule has 2 aliphatic heterocycles. The Bertz CT molecular complexity index is 726. The Hall–Kier alpha value is -1.06. The smallest absolute Gasteiger partial charge is 0.126 e. The van der Waals surface area contributed by atoms with Gasteiger partial charge in [0.05, 0.1) is 18.8 Å². The average molecular weight is 342 g/mol.